The zero-order valence-corrected chi connectivity index (χ0v) is 20.7. The van der Waals surface area contributed by atoms with Crippen LogP contribution in [-0.4, -0.2) is 18.0 Å². The van der Waals surface area contributed by atoms with E-state index in [2.05, 4.69) is 40.7 Å². The van der Waals surface area contributed by atoms with Crippen molar-refractivity contribution in [1.82, 2.24) is 0 Å². The number of ether oxygens (including phenoxy) is 1. The Hall–Kier alpha value is -0.340. The molecule has 3 fully saturated rings. The molecular formula is C28H48O2. The van der Waals surface area contributed by atoms with Gasteiger partial charge in [0, 0.05) is 20.0 Å². The first-order chi connectivity index (χ1) is 14.1. The van der Waals surface area contributed by atoms with Crippen LogP contribution in [0.15, 0.2) is 11.6 Å². The average Bonchev–Trinajstić information content (AvgIpc) is 3.05. The fourth-order valence-corrected chi connectivity index (χ4v) is 8.82. The van der Waals surface area contributed by atoms with Crippen LogP contribution in [-0.2, 0) is 4.74 Å². The molecule has 0 radical (unpaired) electrons. The van der Waals surface area contributed by atoms with Gasteiger partial charge in [0.05, 0.1) is 0 Å². The topological polar surface area (TPSA) is 29.5 Å². The molecule has 172 valence electrons. The third kappa shape index (κ3) is 3.72. The Morgan fingerprint density at radius 3 is 2.50 bits per heavy atom. The molecule has 0 aromatic carbocycles. The Morgan fingerprint density at radius 1 is 1.03 bits per heavy atom. The Kier molecular flexibility index (Phi) is 6.26. The van der Waals surface area contributed by atoms with Crippen LogP contribution >= 0.6 is 0 Å². The molecule has 3 saturated carbocycles. The van der Waals surface area contributed by atoms with Crippen LogP contribution in [0.3, 0.4) is 0 Å². The second-order valence-electron chi connectivity index (χ2n) is 12.6. The molecule has 0 heterocycles. The fourth-order valence-electron chi connectivity index (χ4n) is 8.82. The predicted molar refractivity (Wildman–Crippen MR) is 125 cm³/mol. The van der Waals surface area contributed by atoms with Gasteiger partial charge in [-0.2, -0.15) is 0 Å². The molecule has 0 aromatic heterocycles. The van der Waals surface area contributed by atoms with Gasteiger partial charge < -0.3 is 9.84 Å². The summed E-state index contributed by atoms with van der Waals surface area (Å²) in [6.45, 7) is 12.5. The van der Waals surface area contributed by atoms with Gasteiger partial charge >= 0.3 is 0 Å². The molecule has 8 atom stereocenters. The summed E-state index contributed by atoms with van der Waals surface area (Å²) >= 11 is 0. The van der Waals surface area contributed by atoms with Crippen molar-refractivity contribution < 1.29 is 9.84 Å². The van der Waals surface area contributed by atoms with Crippen LogP contribution in [0.25, 0.3) is 0 Å². The van der Waals surface area contributed by atoms with E-state index in [0.29, 0.717) is 5.41 Å². The number of fused-ring (bicyclic) bond motifs is 5. The van der Waals surface area contributed by atoms with Crippen molar-refractivity contribution in [2.75, 3.05) is 7.11 Å². The molecule has 0 amide bonds. The van der Waals surface area contributed by atoms with Crippen molar-refractivity contribution in [2.45, 2.75) is 111 Å². The summed E-state index contributed by atoms with van der Waals surface area (Å²) in [5, 5.41) is 10.8. The molecule has 0 bridgehead atoms. The maximum Gasteiger partial charge on any atom is 0.168 e. The first-order valence-corrected chi connectivity index (χ1v) is 13.1. The predicted octanol–water partition coefficient (Wildman–Crippen LogP) is 7.36. The van der Waals surface area contributed by atoms with Crippen molar-refractivity contribution in [3.8, 4) is 0 Å². The summed E-state index contributed by atoms with van der Waals surface area (Å²) in [4.78, 5) is 0. The lowest BCUT2D eigenvalue weighted by Gasteiger charge is -2.59. The van der Waals surface area contributed by atoms with E-state index in [4.69, 9.17) is 4.74 Å². The quantitative estimate of drug-likeness (QED) is 0.362. The van der Waals surface area contributed by atoms with Crippen molar-refractivity contribution in [3.63, 3.8) is 0 Å². The molecule has 1 N–H and O–H groups in total. The minimum absolute atomic E-state index is 0.288. The van der Waals surface area contributed by atoms with Crippen molar-refractivity contribution >= 4 is 0 Å². The fraction of sp³-hybridized carbons (Fsp3) is 0.929. The van der Waals surface area contributed by atoms with E-state index in [1.165, 1.54) is 56.9 Å². The Labute approximate surface area is 186 Å². The third-order valence-electron chi connectivity index (χ3n) is 10.7. The first kappa shape index (κ1) is 22.8. The Balaban J connectivity index is 1.50. The van der Waals surface area contributed by atoms with E-state index in [-0.39, 0.29) is 5.41 Å². The lowest BCUT2D eigenvalue weighted by Crippen LogP contribution is -2.52. The SMILES string of the molecule is CO[C@]1(O)CC[C@@]2(C)C(=CC[C@H]3[C@@H]4CC[C@H]([C@H](C)CCCC(C)C)[C@@]4(C)CC[C@@H]32)C1. The lowest BCUT2D eigenvalue weighted by molar-refractivity contribution is -0.209. The zero-order valence-electron chi connectivity index (χ0n) is 20.7. The largest absolute Gasteiger partial charge is 0.365 e. The molecule has 0 aliphatic heterocycles. The van der Waals surface area contributed by atoms with Crippen molar-refractivity contribution in [2.24, 2.45) is 46.3 Å². The van der Waals surface area contributed by atoms with Crippen LogP contribution in [0, 0.1) is 46.3 Å². The average molecular weight is 417 g/mol. The highest BCUT2D eigenvalue weighted by atomic mass is 16.6. The molecule has 0 unspecified atom stereocenters. The van der Waals surface area contributed by atoms with E-state index in [0.717, 1.165) is 54.8 Å². The van der Waals surface area contributed by atoms with E-state index < -0.39 is 5.79 Å². The Bertz CT molecular complexity index is 653. The van der Waals surface area contributed by atoms with Crippen LogP contribution in [0.4, 0.5) is 0 Å². The number of hydrogen-bond acceptors (Lipinski definition) is 2. The molecule has 0 aromatic rings. The van der Waals surface area contributed by atoms with Gasteiger partial charge in [-0.3, -0.25) is 0 Å². The van der Waals surface area contributed by atoms with E-state index in [9.17, 15) is 5.11 Å². The first-order valence-electron chi connectivity index (χ1n) is 13.1. The summed E-state index contributed by atoms with van der Waals surface area (Å²) in [6.07, 6.45) is 16.3. The maximum atomic E-state index is 10.8. The minimum atomic E-state index is -0.925. The number of rotatable bonds is 6. The van der Waals surface area contributed by atoms with Gasteiger partial charge in [0.1, 0.15) is 0 Å². The highest BCUT2D eigenvalue weighted by Crippen LogP contribution is 2.67. The summed E-state index contributed by atoms with van der Waals surface area (Å²) in [5.41, 5.74) is 2.34. The minimum Gasteiger partial charge on any atom is -0.365 e. The van der Waals surface area contributed by atoms with Crippen LogP contribution in [0.2, 0.25) is 0 Å². The monoisotopic (exact) mass is 416 g/mol. The van der Waals surface area contributed by atoms with Crippen LogP contribution < -0.4 is 0 Å². The highest BCUT2D eigenvalue weighted by Gasteiger charge is 2.60. The highest BCUT2D eigenvalue weighted by molar-refractivity contribution is 5.26. The van der Waals surface area contributed by atoms with E-state index >= 15 is 0 Å². The van der Waals surface area contributed by atoms with E-state index in [1.807, 2.05) is 0 Å². The number of methoxy groups -OCH3 is 1. The number of hydrogen-bond donors (Lipinski definition) is 1. The van der Waals surface area contributed by atoms with Crippen LogP contribution in [0.5, 0.6) is 0 Å². The smallest absolute Gasteiger partial charge is 0.168 e. The third-order valence-corrected chi connectivity index (χ3v) is 10.7. The summed E-state index contributed by atoms with van der Waals surface area (Å²) in [7, 11) is 1.67. The number of allylic oxidation sites excluding steroid dienone is 1. The van der Waals surface area contributed by atoms with Gasteiger partial charge in [-0.15, -0.1) is 0 Å². The summed E-state index contributed by atoms with van der Waals surface area (Å²) in [5.74, 6) is 4.31. The molecule has 0 saturated heterocycles. The van der Waals surface area contributed by atoms with Gasteiger partial charge in [-0.1, -0.05) is 65.5 Å². The molecule has 2 nitrogen and oxygen atoms in total. The van der Waals surface area contributed by atoms with Crippen molar-refractivity contribution in [1.29, 1.82) is 0 Å². The van der Waals surface area contributed by atoms with E-state index in [1.54, 1.807) is 7.11 Å². The summed E-state index contributed by atoms with van der Waals surface area (Å²) < 4.78 is 5.50. The molecule has 4 aliphatic carbocycles. The van der Waals surface area contributed by atoms with Crippen molar-refractivity contribution in [3.05, 3.63) is 11.6 Å². The normalized spacial score (nSPS) is 46.7. The molecule has 4 rings (SSSR count). The Morgan fingerprint density at radius 2 is 1.80 bits per heavy atom. The second kappa shape index (κ2) is 8.22. The zero-order chi connectivity index (χ0) is 21.7. The maximum absolute atomic E-state index is 10.8. The summed E-state index contributed by atoms with van der Waals surface area (Å²) in [6, 6.07) is 0. The van der Waals surface area contributed by atoms with Gasteiger partial charge in [-0.05, 0) is 84.9 Å². The molecular weight excluding hydrogens is 368 g/mol. The molecule has 30 heavy (non-hydrogen) atoms. The number of aliphatic hydroxyl groups is 1. The molecule has 2 heteroatoms. The standard InChI is InChI=1S/C28H48O2/c1-19(2)8-7-9-20(3)23-12-13-24-22-11-10-21-18-28(29,30-6)17-16-26(21,4)25(22)14-15-27(23,24)5/h10,19-20,22-25,29H,7-9,11-18H2,1-6H3/t20-,22+,23-,24+,25+,26+,27-,28-/m1/s1. The molecule has 4 aliphatic rings. The van der Waals surface area contributed by atoms with Gasteiger partial charge in [0.25, 0.3) is 0 Å². The molecule has 0 spiro atoms. The van der Waals surface area contributed by atoms with Crippen LogP contribution in [0.1, 0.15) is 105 Å². The lowest BCUT2D eigenvalue weighted by atomic mass is 9.46. The van der Waals surface area contributed by atoms with Gasteiger partial charge in [0.2, 0.25) is 0 Å². The van der Waals surface area contributed by atoms with Gasteiger partial charge in [-0.25, -0.2) is 0 Å². The van der Waals surface area contributed by atoms with Gasteiger partial charge in [0.15, 0.2) is 5.79 Å². The second-order valence-corrected chi connectivity index (χ2v) is 12.6.